The predicted molar refractivity (Wildman–Crippen MR) is 127 cm³/mol. The Hall–Kier alpha value is -3.53. The lowest BCUT2D eigenvalue weighted by Crippen LogP contribution is -2.46. The molecule has 1 aliphatic heterocycles. The number of hydrogen-bond acceptors (Lipinski definition) is 7. The van der Waals surface area contributed by atoms with E-state index in [1.807, 2.05) is 30.3 Å². The summed E-state index contributed by atoms with van der Waals surface area (Å²) >= 11 is 0. The average molecular weight is 464 g/mol. The van der Waals surface area contributed by atoms with Crippen molar-refractivity contribution in [1.29, 1.82) is 0 Å². The molecule has 1 aliphatic rings. The fourth-order valence-electron chi connectivity index (χ4n) is 3.81. The molecule has 9 heteroatoms. The normalized spacial score (nSPS) is 14.4. The number of carbonyl (C=O) groups is 2. The summed E-state index contributed by atoms with van der Waals surface area (Å²) in [6.07, 6.45) is 2.62. The molecule has 178 valence electrons. The quantitative estimate of drug-likeness (QED) is 0.348. The molecule has 1 fully saturated rings. The number of benzene rings is 2. The zero-order chi connectivity index (χ0) is 23.8. The van der Waals surface area contributed by atoms with Crippen molar-refractivity contribution in [2.75, 3.05) is 32.7 Å². The molecule has 2 aromatic carbocycles. The fourth-order valence-corrected chi connectivity index (χ4v) is 3.81. The summed E-state index contributed by atoms with van der Waals surface area (Å²) in [4.78, 5) is 29.0. The lowest BCUT2D eigenvalue weighted by atomic mass is 10.1. The van der Waals surface area contributed by atoms with Gasteiger partial charge in [-0.05, 0) is 49.4 Å². The van der Waals surface area contributed by atoms with Crippen molar-refractivity contribution in [3.8, 4) is 5.75 Å². The van der Waals surface area contributed by atoms with Crippen molar-refractivity contribution >= 4 is 22.7 Å². The summed E-state index contributed by atoms with van der Waals surface area (Å²) in [5.41, 5.74) is 2.42. The second kappa shape index (κ2) is 11.6. The third-order valence-corrected chi connectivity index (χ3v) is 5.68. The van der Waals surface area contributed by atoms with Gasteiger partial charge in [-0.25, -0.2) is 0 Å². The number of hydrazine groups is 1. The number of hydroxylamine groups is 1. The summed E-state index contributed by atoms with van der Waals surface area (Å²) in [6.45, 7) is 3.25. The van der Waals surface area contributed by atoms with E-state index in [0.29, 0.717) is 42.7 Å². The van der Waals surface area contributed by atoms with E-state index in [1.165, 1.54) is 0 Å². The third kappa shape index (κ3) is 6.07. The van der Waals surface area contributed by atoms with E-state index in [9.17, 15) is 14.8 Å². The van der Waals surface area contributed by atoms with Gasteiger partial charge in [0.25, 0.3) is 11.8 Å². The maximum Gasteiger partial charge on any atom is 0.263 e. The molecule has 0 unspecified atom stereocenters. The molecule has 1 saturated heterocycles. The Kier molecular flexibility index (Phi) is 8.03. The molecule has 0 bridgehead atoms. The number of hydrogen-bond donors (Lipinski definition) is 3. The van der Waals surface area contributed by atoms with Crippen molar-refractivity contribution in [2.45, 2.75) is 19.4 Å². The molecule has 34 heavy (non-hydrogen) atoms. The van der Waals surface area contributed by atoms with Gasteiger partial charge >= 0.3 is 0 Å². The van der Waals surface area contributed by atoms with Crippen LogP contribution in [0.15, 0.2) is 60.8 Å². The Balaban J connectivity index is 1.24. The van der Waals surface area contributed by atoms with Crippen LogP contribution in [0.25, 0.3) is 10.9 Å². The number of nitrogens with zero attached hydrogens (tertiary/aromatic N) is 3. The molecule has 0 saturated carbocycles. The highest BCUT2D eigenvalue weighted by Gasteiger charge is 2.20. The van der Waals surface area contributed by atoms with Gasteiger partial charge in [0.15, 0.2) is 0 Å². The van der Waals surface area contributed by atoms with Gasteiger partial charge in [-0.15, -0.1) is 5.17 Å². The van der Waals surface area contributed by atoms with Crippen LogP contribution in [0.2, 0.25) is 0 Å². The molecule has 2 amide bonds. The highest BCUT2D eigenvalue weighted by molar-refractivity contribution is 5.94. The van der Waals surface area contributed by atoms with Gasteiger partial charge in [0, 0.05) is 55.3 Å². The monoisotopic (exact) mass is 463 g/mol. The number of pyridine rings is 1. The van der Waals surface area contributed by atoms with Crippen molar-refractivity contribution in [2.24, 2.45) is 0 Å². The van der Waals surface area contributed by atoms with E-state index in [-0.39, 0.29) is 18.9 Å². The van der Waals surface area contributed by atoms with Gasteiger partial charge in [0.1, 0.15) is 12.4 Å². The number of ether oxygens (including phenoxy) is 1. The first-order valence-electron chi connectivity index (χ1n) is 11.4. The van der Waals surface area contributed by atoms with Crippen LogP contribution < -0.4 is 15.4 Å². The van der Waals surface area contributed by atoms with Crippen LogP contribution in [0.3, 0.4) is 0 Å². The van der Waals surface area contributed by atoms with E-state index in [0.717, 1.165) is 29.4 Å². The minimum atomic E-state index is -0.449. The van der Waals surface area contributed by atoms with E-state index in [2.05, 4.69) is 15.6 Å². The lowest BCUT2D eigenvalue weighted by molar-refractivity contribution is -0.237. The van der Waals surface area contributed by atoms with Crippen molar-refractivity contribution < 1.29 is 19.5 Å². The molecule has 2 heterocycles. The second-order valence-corrected chi connectivity index (χ2v) is 8.05. The predicted octanol–water partition coefficient (Wildman–Crippen LogP) is 2.36. The van der Waals surface area contributed by atoms with Crippen LogP contribution in [0.5, 0.6) is 5.75 Å². The Labute approximate surface area is 198 Å². The number of rotatable bonds is 8. The van der Waals surface area contributed by atoms with Gasteiger partial charge in [0.05, 0.1) is 5.52 Å². The van der Waals surface area contributed by atoms with Crippen LogP contribution in [0.4, 0.5) is 0 Å². The highest BCUT2D eigenvalue weighted by atomic mass is 16.6. The van der Waals surface area contributed by atoms with Crippen molar-refractivity contribution in [1.82, 2.24) is 25.8 Å². The minimum Gasteiger partial charge on any atom is -0.489 e. The molecule has 9 nitrogen and oxygen atoms in total. The maximum atomic E-state index is 12.4. The van der Waals surface area contributed by atoms with E-state index >= 15 is 0 Å². The number of nitrogens with one attached hydrogen (secondary N) is 2. The van der Waals surface area contributed by atoms with Gasteiger partial charge in [0.2, 0.25) is 0 Å². The van der Waals surface area contributed by atoms with Crippen LogP contribution in [-0.2, 0) is 11.4 Å². The number of fused-ring (bicyclic) bond motifs is 1. The molecule has 0 radical (unpaired) electrons. The second-order valence-electron chi connectivity index (χ2n) is 8.05. The largest absolute Gasteiger partial charge is 0.489 e. The molecule has 0 aliphatic carbocycles. The first kappa shape index (κ1) is 23.6. The first-order chi connectivity index (χ1) is 16.6. The standard InChI is InChI=1S/C25H29N5O4/c31-24(30(33)29-16-3-12-26-15-17-29)11-14-28-25(32)19-6-8-21(9-7-19)34-18-20-10-13-27-23-5-2-1-4-22(20)23/h1-2,4-10,13,26,33H,3,11-12,14-18H2,(H,28,32). The highest BCUT2D eigenvalue weighted by Crippen LogP contribution is 2.19. The Morgan fingerprint density at radius 3 is 2.76 bits per heavy atom. The molecular weight excluding hydrogens is 434 g/mol. The van der Waals surface area contributed by atoms with Crippen LogP contribution >= 0.6 is 0 Å². The minimum absolute atomic E-state index is 0.00719. The molecule has 0 atom stereocenters. The molecule has 3 aromatic rings. The fraction of sp³-hybridized carbons (Fsp3) is 0.320. The van der Waals surface area contributed by atoms with Gasteiger partial charge in [-0.2, -0.15) is 5.01 Å². The van der Waals surface area contributed by atoms with Gasteiger partial charge in [-0.1, -0.05) is 18.2 Å². The molecular formula is C25H29N5O4. The van der Waals surface area contributed by atoms with Crippen LogP contribution in [0.1, 0.15) is 28.8 Å². The maximum absolute atomic E-state index is 12.4. The molecule has 1 aromatic heterocycles. The number of carbonyl (C=O) groups excluding carboxylic acids is 2. The number of amides is 2. The summed E-state index contributed by atoms with van der Waals surface area (Å²) in [5, 5.41) is 19.4. The molecule has 4 rings (SSSR count). The smallest absolute Gasteiger partial charge is 0.263 e. The molecule has 3 N–H and O–H groups in total. The first-order valence-corrected chi connectivity index (χ1v) is 11.4. The van der Waals surface area contributed by atoms with E-state index < -0.39 is 5.91 Å². The van der Waals surface area contributed by atoms with E-state index in [4.69, 9.17) is 4.74 Å². The number of para-hydroxylation sites is 1. The van der Waals surface area contributed by atoms with E-state index in [1.54, 1.807) is 35.5 Å². The SMILES string of the molecule is O=C(NCCC(=O)N(O)N1CCCNCC1)c1ccc(OCc2ccnc3ccccc23)cc1. The van der Waals surface area contributed by atoms with Crippen molar-refractivity contribution in [3.05, 3.63) is 71.9 Å². The van der Waals surface area contributed by atoms with Crippen LogP contribution in [-0.4, -0.2) is 64.9 Å². The topological polar surface area (TPSA) is 107 Å². The lowest BCUT2D eigenvalue weighted by Gasteiger charge is -2.27. The Bertz CT molecular complexity index is 1110. The average Bonchev–Trinajstić information content (AvgIpc) is 3.17. The summed E-state index contributed by atoms with van der Waals surface area (Å²) in [7, 11) is 0. The van der Waals surface area contributed by atoms with Crippen molar-refractivity contribution in [3.63, 3.8) is 0 Å². The summed E-state index contributed by atoms with van der Waals surface area (Å²) < 4.78 is 5.89. The molecule has 0 spiro atoms. The van der Waals surface area contributed by atoms with Crippen LogP contribution in [0, 0.1) is 0 Å². The summed E-state index contributed by atoms with van der Waals surface area (Å²) in [5.74, 6) is -0.0898. The summed E-state index contributed by atoms with van der Waals surface area (Å²) in [6, 6.07) is 16.7. The van der Waals surface area contributed by atoms with Gasteiger partial charge < -0.3 is 15.4 Å². The Morgan fingerprint density at radius 2 is 1.91 bits per heavy atom. The Morgan fingerprint density at radius 1 is 1.09 bits per heavy atom. The van der Waals surface area contributed by atoms with Gasteiger partial charge in [-0.3, -0.25) is 19.8 Å². The zero-order valence-corrected chi connectivity index (χ0v) is 18.9. The number of aromatic nitrogens is 1. The zero-order valence-electron chi connectivity index (χ0n) is 18.9. The third-order valence-electron chi connectivity index (χ3n) is 5.68.